The molecule has 0 heterocycles. The predicted molar refractivity (Wildman–Crippen MR) is 50.7 cm³/mol. The lowest BCUT2D eigenvalue weighted by Gasteiger charge is -1.98. The van der Waals surface area contributed by atoms with Gasteiger partial charge in [0.1, 0.15) is 0 Å². The second-order valence-corrected chi connectivity index (χ2v) is 2.68. The lowest BCUT2D eigenvalue weighted by Crippen LogP contribution is -1.88. The molecule has 0 fully saturated rings. The van der Waals surface area contributed by atoms with Crippen LogP contribution < -0.4 is 0 Å². The number of hydrogen-bond acceptors (Lipinski definition) is 2. The molecule has 0 atom stereocenters. The first-order valence-corrected chi connectivity index (χ1v) is 4.11. The second-order valence-electron chi connectivity index (χ2n) is 2.68. The Kier molecular flexibility index (Phi) is 3.82. The molecule has 13 heavy (non-hydrogen) atoms. The molecule has 1 N–H and O–H groups in total. The van der Waals surface area contributed by atoms with Crippen LogP contribution in [0.15, 0.2) is 29.4 Å². The summed E-state index contributed by atoms with van der Waals surface area (Å²) in [4.78, 5) is 2.68. The summed E-state index contributed by atoms with van der Waals surface area (Å²) in [6.45, 7) is 0.206. The molecule has 4 nitrogen and oxygen atoms in total. The normalized spacial score (nSPS) is 9.31. The van der Waals surface area contributed by atoms with Gasteiger partial charge in [0.15, 0.2) is 0 Å². The lowest BCUT2D eigenvalue weighted by atomic mass is 10.1. The fourth-order valence-electron chi connectivity index (χ4n) is 1.06. The van der Waals surface area contributed by atoms with Crippen LogP contribution in [0.3, 0.4) is 0 Å². The van der Waals surface area contributed by atoms with E-state index in [1.807, 2.05) is 12.1 Å². The molecule has 0 aromatic heterocycles. The van der Waals surface area contributed by atoms with Crippen molar-refractivity contribution in [3.63, 3.8) is 0 Å². The number of aryl methyl sites for hydroxylation is 1. The number of nitrogens with zero attached hydrogens (tertiary/aromatic N) is 3. The average molecular weight is 177 g/mol. The molecule has 0 spiro atoms. The minimum absolute atomic E-state index is 0.206. The zero-order valence-electron chi connectivity index (χ0n) is 7.22. The van der Waals surface area contributed by atoms with E-state index >= 15 is 0 Å². The largest absolute Gasteiger partial charge is 0.396 e. The third kappa shape index (κ3) is 3.15. The maximum atomic E-state index is 8.60. The van der Waals surface area contributed by atoms with Gasteiger partial charge in [0.25, 0.3) is 0 Å². The predicted octanol–water partition coefficient (Wildman–Crippen LogP) is 2.55. The highest BCUT2D eigenvalue weighted by molar-refractivity contribution is 5.38. The number of hydrogen-bond donors (Lipinski definition) is 1. The summed E-state index contributed by atoms with van der Waals surface area (Å²) in [5.41, 5.74) is 9.92. The average Bonchev–Trinajstić information content (AvgIpc) is 2.17. The molecule has 0 radical (unpaired) electrons. The van der Waals surface area contributed by atoms with E-state index in [-0.39, 0.29) is 6.61 Å². The van der Waals surface area contributed by atoms with E-state index < -0.39 is 0 Å². The standard InChI is InChI=1S/C9H11N3O/c10-12-11-9-5-3-8(4-6-9)2-1-7-13/h3-6,13H,1-2,7H2. The zero-order chi connectivity index (χ0) is 9.52. The summed E-state index contributed by atoms with van der Waals surface area (Å²) >= 11 is 0. The fourth-order valence-corrected chi connectivity index (χ4v) is 1.06. The molecule has 0 saturated heterocycles. The van der Waals surface area contributed by atoms with Gasteiger partial charge in [0.2, 0.25) is 0 Å². The molecule has 0 aliphatic rings. The van der Waals surface area contributed by atoms with Crippen LogP contribution >= 0.6 is 0 Å². The van der Waals surface area contributed by atoms with Gasteiger partial charge in [-0.1, -0.05) is 29.4 Å². The molecule has 0 aliphatic carbocycles. The van der Waals surface area contributed by atoms with Gasteiger partial charge in [-0.3, -0.25) is 0 Å². The molecule has 0 saturated carbocycles. The van der Waals surface area contributed by atoms with E-state index in [2.05, 4.69) is 10.0 Å². The van der Waals surface area contributed by atoms with Gasteiger partial charge < -0.3 is 5.11 Å². The van der Waals surface area contributed by atoms with Crippen LogP contribution in [0, 0.1) is 0 Å². The summed E-state index contributed by atoms with van der Waals surface area (Å²) < 4.78 is 0. The van der Waals surface area contributed by atoms with Crippen molar-refractivity contribution >= 4 is 5.69 Å². The number of azide groups is 1. The first-order valence-electron chi connectivity index (χ1n) is 4.11. The first kappa shape index (κ1) is 9.58. The van der Waals surface area contributed by atoms with Crippen molar-refractivity contribution in [2.24, 2.45) is 5.11 Å². The van der Waals surface area contributed by atoms with Crippen LogP contribution in [0.2, 0.25) is 0 Å². The Bertz CT molecular complexity index is 301. The number of aliphatic hydroxyl groups is 1. The molecule has 0 bridgehead atoms. The van der Waals surface area contributed by atoms with Gasteiger partial charge in [-0.05, 0) is 23.9 Å². The minimum atomic E-state index is 0.206. The summed E-state index contributed by atoms with van der Waals surface area (Å²) in [6.07, 6.45) is 1.62. The van der Waals surface area contributed by atoms with Crippen molar-refractivity contribution < 1.29 is 5.11 Å². The molecular formula is C9H11N3O. The molecular weight excluding hydrogens is 166 g/mol. The zero-order valence-corrected chi connectivity index (χ0v) is 7.22. The maximum absolute atomic E-state index is 8.60. The topological polar surface area (TPSA) is 69.0 Å². The highest BCUT2D eigenvalue weighted by Crippen LogP contribution is 2.13. The van der Waals surface area contributed by atoms with Gasteiger partial charge >= 0.3 is 0 Å². The van der Waals surface area contributed by atoms with E-state index in [0.717, 1.165) is 18.4 Å². The Morgan fingerprint density at radius 1 is 1.31 bits per heavy atom. The number of aliphatic hydroxyl groups excluding tert-OH is 1. The van der Waals surface area contributed by atoms with Crippen molar-refractivity contribution in [2.45, 2.75) is 12.8 Å². The third-order valence-electron chi connectivity index (χ3n) is 1.72. The molecule has 1 aromatic carbocycles. The Hall–Kier alpha value is -1.51. The quantitative estimate of drug-likeness (QED) is 0.428. The maximum Gasteiger partial charge on any atom is 0.0434 e. The Balaban J connectivity index is 2.63. The molecule has 0 amide bonds. The molecule has 68 valence electrons. The van der Waals surface area contributed by atoms with Gasteiger partial charge in [-0.2, -0.15) is 0 Å². The van der Waals surface area contributed by atoms with Crippen LogP contribution in [0.5, 0.6) is 0 Å². The van der Waals surface area contributed by atoms with Crippen molar-refractivity contribution in [1.29, 1.82) is 0 Å². The van der Waals surface area contributed by atoms with E-state index in [1.54, 1.807) is 12.1 Å². The third-order valence-corrected chi connectivity index (χ3v) is 1.72. The minimum Gasteiger partial charge on any atom is -0.396 e. The van der Waals surface area contributed by atoms with Gasteiger partial charge in [-0.25, -0.2) is 0 Å². The lowest BCUT2D eigenvalue weighted by molar-refractivity contribution is 0.288. The Labute approximate surface area is 76.5 Å². The Morgan fingerprint density at radius 2 is 2.00 bits per heavy atom. The Morgan fingerprint density at radius 3 is 2.54 bits per heavy atom. The summed E-state index contributed by atoms with van der Waals surface area (Å²) in [6, 6.07) is 7.35. The highest BCUT2D eigenvalue weighted by Gasteiger charge is 1.92. The molecule has 0 unspecified atom stereocenters. The van der Waals surface area contributed by atoms with Crippen LogP contribution in [0.25, 0.3) is 10.4 Å². The van der Waals surface area contributed by atoms with E-state index in [9.17, 15) is 0 Å². The van der Waals surface area contributed by atoms with Crippen LogP contribution in [0.1, 0.15) is 12.0 Å². The van der Waals surface area contributed by atoms with Gasteiger partial charge in [-0.15, -0.1) is 0 Å². The monoisotopic (exact) mass is 177 g/mol. The summed E-state index contributed by atoms with van der Waals surface area (Å²) in [5, 5.41) is 12.1. The number of rotatable bonds is 4. The van der Waals surface area contributed by atoms with Crippen molar-refractivity contribution in [3.8, 4) is 0 Å². The van der Waals surface area contributed by atoms with E-state index in [1.165, 1.54) is 0 Å². The van der Waals surface area contributed by atoms with Crippen LogP contribution in [-0.4, -0.2) is 11.7 Å². The fraction of sp³-hybridized carbons (Fsp3) is 0.333. The first-order chi connectivity index (χ1) is 6.36. The smallest absolute Gasteiger partial charge is 0.0434 e. The molecule has 1 aromatic rings. The van der Waals surface area contributed by atoms with Crippen LogP contribution in [0.4, 0.5) is 5.69 Å². The highest BCUT2D eigenvalue weighted by atomic mass is 16.2. The molecule has 1 rings (SSSR count). The SMILES string of the molecule is [N-]=[N+]=Nc1ccc(CCCO)cc1. The van der Waals surface area contributed by atoms with Gasteiger partial charge in [0.05, 0.1) is 0 Å². The van der Waals surface area contributed by atoms with Crippen LogP contribution in [-0.2, 0) is 6.42 Å². The summed E-state index contributed by atoms with van der Waals surface area (Å²) in [7, 11) is 0. The second kappa shape index (κ2) is 5.19. The molecule has 0 aliphatic heterocycles. The molecule has 4 heteroatoms. The summed E-state index contributed by atoms with van der Waals surface area (Å²) in [5.74, 6) is 0. The van der Waals surface area contributed by atoms with E-state index in [4.69, 9.17) is 10.6 Å². The van der Waals surface area contributed by atoms with Crippen molar-refractivity contribution in [2.75, 3.05) is 6.61 Å². The van der Waals surface area contributed by atoms with Crippen molar-refractivity contribution in [3.05, 3.63) is 40.3 Å². The van der Waals surface area contributed by atoms with Crippen molar-refractivity contribution in [1.82, 2.24) is 0 Å². The van der Waals surface area contributed by atoms with Gasteiger partial charge in [0, 0.05) is 17.2 Å². The number of benzene rings is 1. The van der Waals surface area contributed by atoms with E-state index in [0.29, 0.717) is 5.69 Å².